The molecule has 128 valence electrons. The maximum Gasteiger partial charge on any atom is 0.258 e. The highest BCUT2D eigenvalue weighted by Crippen LogP contribution is 2.25. The van der Waals surface area contributed by atoms with Crippen LogP contribution in [0.2, 0.25) is 0 Å². The van der Waals surface area contributed by atoms with E-state index in [0.717, 1.165) is 30.2 Å². The Labute approximate surface area is 144 Å². The Kier molecular flexibility index (Phi) is 6.43. The van der Waals surface area contributed by atoms with Crippen LogP contribution < -0.4 is 10.7 Å². The number of aliphatic carboxylic acids is 1. The first-order valence-corrected chi connectivity index (χ1v) is 8.62. The number of carboxylic acids is 1. The topological polar surface area (TPSA) is 106 Å². The molecule has 0 bridgehead atoms. The second-order valence-corrected chi connectivity index (χ2v) is 6.59. The molecule has 1 atom stereocenters. The first-order chi connectivity index (χ1) is 11.5. The normalized spacial score (nSPS) is 12.0. The summed E-state index contributed by atoms with van der Waals surface area (Å²) in [5, 5.41) is 20.5. The standard InChI is InChI=1S/C17H20N2O4S/c1-2-3-9-13(16(22)23)24-17-18-14(20)12(15(21)19-17)10-11-7-5-4-6-8-11/h4-8,13H,2-3,9-10H2,1H3,(H,22,23)(H2,18,19,20,21)/p-1/t13-/m0/s1. The fourth-order valence-corrected chi connectivity index (χ4v) is 3.17. The van der Waals surface area contributed by atoms with Crippen LogP contribution in [0.4, 0.5) is 0 Å². The van der Waals surface area contributed by atoms with Gasteiger partial charge in [-0.1, -0.05) is 61.9 Å². The van der Waals surface area contributed by atoms with Gasteiger partial charge in [0.1, 0.15) is 0 Å². The van der Waals surface area contributed by atoms with E-state index in [9.17, 15) is 19.8 Å². The van der Waals surface area contributed by atoms with Gasteiger partial charge in [0.05, 0.1) is 16.8 Å². The number of carbonyl (C=O) groups excluding carboxylic acids is 1. The summed E-state index contributed by atoms with van der Waals surface area (Å²) in [7, 11) is 0. The van der Waals surface area contributed by atoms with E-state index in [2.05, 4.69) is 9.97 Å². The van der Waals surface area contributed by atoms with Crippen molar-refractivity contribution < 1.29 is 15.0 Å². The Morgan fingerprint density at radius 1 is 1.38 bits per heavy atom. The van der Waals surface area contributed by atoms with Gasteiger partial charge in [-0.15, -0.1) is 0 Å². The minimum Gasteiger partial charge on any atom is -0.549 e. The molecule has 0 radical (unpaired) electrons. The third-order valence-electron chi connectivity index (χ3n) is 3.53. The number of carboxylic acid groups (broad SMARTS) is 1. The molecule has 2 rings (SSSR count). The van der Waals surface area contributed by atoms with Gasteiger partial charge in [0.2, 0.25) is 5.88 Å². The average Bonchev–Trinajstić information content (AvgIpc) is 2.55. The third-order valence-corrected chi connectivity index (χ3v) is 4.66. The summed E-state index contributed by atoms with van der Waals surface area (Å²) in [6.45, 7) is 1.96. The van der Waals surface area contributed by atoms with Crippen molar-refractivity contribution in [3.05, 3.63) is 51.8 Å². The zero-order valence-corrected chi connectivity index (χ0v) is 14.1. The zero-order chi connectivity index (χ0) is 17.5. The van der Waals surface area contributed by atoms with Crippen LogP contribution in [0.3, 0.4) is 0 Å². The quantitative estimate of drug-likeness (QED) is 0.553. The monoisotopic (exact) mass is 347 g/mol. The van der Waals surface area contributed by atoms with Crippen molar-refractivity contribution in [1.82, 2.24) is 9.97 Å². The van der Waals surface area contributed by atoms with Gasteiger partial charge in [-0.25, -0.2) is 0 Å². The summed E-state index contributed by atoms with van der Waals surface area (Å²) in [5.41, 5.74) is 0.557. The van der Waals surface area contributed by atoms with Crippen molar-refractivity contribution in [2.75, 3.05) is 0 Å². The Morgan fingerprint density at radius 2 is 2.08 bits per heavy atom. The molecular formula is C17H19N2O4S-. The number of hydrogen-bond donors (Lipinski definition) is 2. The molecule has 0 fully saturated rings. The number of benzene rings is 1. The van der Waals surface area contributed by atoms with E-state index >= 15 is 0 Å². The highest BCUT2D eigenvalue weighted by Gasteiger charge is 2.16. The van der Waals surface area contributed by atoms with Gasteiger partial charge in [-0.05, 0) is 12.0 Å². The first-order valence-electron chi connectivity index (χ1n) is 7.74. The fourth-order valence-electron chi connectivity index (χ4n) is 2.23. The molecule has 0 unspecified atom stereocenters. The lowest BCUT2D eigenvalue weighted by Crippen LogP contribution is -2.33. The molecule has 0 aliphatic rings. The largest absolute Gasteiger partial charge is 0.549 e. The minimum atomic E-state index is -1.20. The summed E-state index contributed by atoms with van der Waals surface area (Å²) in [4.78, 5) is 29.8. The molecular weight excluding hydrogens is 328 g/mol. The summed E-state index contributed by atoms with van der Waals surface area (Å²) >= 11 is 0.891. The summed E-state index contributed by atoms with van der Waals surface area (Å²) < 4.78 is 0. The molecule has 0 spiro atoms. The van der Waals surface area contributed by atoms with Crippen LogP contribution >= 0.6 is 11.8 Å². The van der Waals surface area contributed by atoms with Crippen molar-refractivity contribution in [3.8, 4) is 5.88 Å². The number of aromatic nitrogens is 2. The maximum atomic E-state index is 12.2. The number of thioether (sulfide) groups is 1. The minimum absolute atomic E-state index is 0.0830. The molecule has 0 saturated carbocycles. The maximum absolute atomic E-state index is 12.2. The fraction of sp³-hybridized carbons (Fsp3) is 0.353. The van der Waals surface area contributed by atoms with Gasteiger partial charge in [0, 0.05) is 6.42 Å². The van der Waals surface area contributed by atoms with Gasteiger partial charge in [0.25, 0.3) is 5.56 Å². The molecule has 6 nitrogen and oxygen atoms in total. The third kappa shape index (κ3) is 4.86. The SMILES string of the molecule is CCCC[C@H](Sc1nc(O)c(Cc2ccccc2)c(=O)[nH]1)C(=O)[O-]. The number of unbranched alkanes of at least 4 members (excludes halogenated alkanes) is 1. The molecule has 1 aromatic heterocycles. The summed E-state index contributed by atoms with van der Waals surface area (Å²) in [5.74, 6) is -1.58. The number of hydrogen-bond acceptors (Lipinski definition) is 6. The van der Waals surface area contributed by atoms with E-state index in [0.29, 0.717) is 6.42 Å². The molecule has 7 heteroatoms. The van der Waals surface area contributed by atoms with Crippen LogP contribution in [0.5, 0.6) is 5.88 Å². The van der Waals surface area contributed by atoms with Crippen LogP contribution in [0.15, 0.2) is 40.3 Å². The molecule has 0 saturated heterocycles. The molecule has 24 heavy (non-hydrogen) atoms. The molecule has 2 aromatic rings. The number of aromatic amines is 1. The lowest BCUT2D eigenvalue weighted by molar-refractivity contribution is -0.304. The van der Waals surface area contributed by atoms with Gasteiger partial charge >= 0.3 is 0 Å². The van der Waals surface area contributed by atoms with Crippen LogP contribution in [0.1, 0.15) is 37.3 Å². The number of aromatic hydroxyl groups is 1. The number of carbonyl (C=O) groups is 1. The molecule has 2 N–H and O–H groups in total. The smallest absolute Gasteiger partial charge is 0.258 e. The van der Waals surface area contributed by atoms with Crippen molar-refractivity contribution in [2.45, 2.75) is 43.0 Å². The molecule has 0 aliphatic carbocycles. The van der Waals surface area contributed by atoms with Gasteiger partial charge in [-0.2, -0.15) is 4.98 Å². The number of H-pyrrole nitrogens is 1. The molecule has 0 aliphatic heterocycles. The Morgan fingerprint density at radius 3 is 2.67 bits per heavy atom. The van der Waals surface area contributed by atoms with Crippen molar-refractivity contribution in [1.29, 1.82) is 0 Å². The van der Waals surface area contributed by atoms with E-state index in [-0.39, 0.29) is 23.0 Å². The lowest BCUT2D eigenvalue weighted by Gasteiger charge is -2.16. The van der Waals surface area contributed by atoms with Crippen molar-refractivity contribution in [3.63, 3.8) is 0 Å². The molecule has 0 amide bonds. The second kappa shape index (κ2) is 8.54. The van der Waals surface area contributed by atoms with Gasteiger partial charge in [-0.3, -0.25) is 4.79 Å². The number of nitrogens with one attached hydrogen (secondary N) is 1. The Bertz CT molecular complexity index is 746. The van der Waals surface area contributed by atoms with Crippen LogP contribution in [-0.2, 0) is 11.2 Å². The highest BCUT2D eigenvalue weighted by molar-refractivity contribution is 8.00. The van der Waals surface area contributed by atoms with Crippen molar-refractivity contribution >= 4 is 17.7 Å². The number of nitrogens with zero attached hydrogens (tertiary/aromatic N) is 1. The van der Waals surface area contributed by atoms with E-state index in [4.69, 9.17) is 0 Å². The summed E-state index contributed by atoms with van der Waals surface area (Å²) in [6.07, 6.45) is 2.25. The van der Waals surface area contributed by atoms with Crippen LogP contribution in [-0.4, -0.2) is 26.3 Å². The van der Waals surface area contributed by atoms with E-state index in [1.165, 1.54) is 0 Å². The van der Waals surface area contributed by atoms with Crippen molar-refractivity contribution in [2.24, 2.45) is 0 Å². The zero-order valence-electron chi connectivity index (χ0n) is 13.3. The second-order valence-electron chi connectivity index (χ2n) is 5.40. The highest BCUT2D eigenvalue weighted by atomic mass is 32.2. The van der Waals surface area contributed by atoms with Gasteiger partial charge < -0.3 is 20.0 Å². The predicted octanol–water partition coefficient (Wildman–Crippen LogP) is 1.47. The Hall–Kier alpha value is -2.28. The van der Waals surface area contributed by atoms with Crippen LogP contribution in [0, 0.1) is 0 Å². The van der Waals surface area contributed by atoms with E-state index in [1.807, 2.05) is 37.3 Å². The van der Waals surface area contributed by atoms with E-state index < -0.39 is 16.8 Å². The van der Waals surface area contributed by atoms with Crippen LogP contribution in [0.25, 0.3) is 0 Å². The molecule has 1 aromatic carbocycles. The van der Waals surface area contributed by atoms with E-state index in [1.54, 1.807) is 0 Å². The Balaban J connectivity index is 2.19. The van der Waals surface area contributed by atoms with Gasteiger partial charge in [0.15, 0.2) is 5.16 Å². The number of rotatable bonds is 8. The summed E-state index contributed by atoms with van der Waals surface area (Å²) in [6, 6.07) is 9.24. The lowest BCUT2D eigenvalue weighted by atomic mass is 10.1. The first kappa shape index (κ1) is 18.1. The average molecular weight is 347 g/mol. The predicted molar refractivity (Wildman–Crippen MR) is 89.9 cm³/mol. The molecule has 1 heterocycles.